The van der Waals surface area contributed by atoms with Gasteiger partial charge in [-0.05, 0) is 42.8 Å². The number of nitrogens with zero attached hydrogens (tertiary/aromatic N) is 1. The van der Waals surface area contributed by atoms with Crippen LogP contribution in [0.4, 0.5) is 4.39 Å². The SMILES string of the molecule is Cc1ccc(CN(Cc2ccccc2)C(=O)c2cccc(F)c2)o1. The lowest BCUT2D eigenvalue weighted by atomic mass is 10.1. The molecule has 0 saturated carbocycles. The molecule has 3 nitrogen and oxygen atoms in total. The number of amides is 1. The zero-order chi connectivity index (χ0) is 16.9. The largest absolute Gasteiger partial charge is 0.464 e. The molecule has 0 fully saturated rings. The van der Waals surface area contributed by atoms with Gasteiger partial charge in [-0.25, -0.2) is 4.39 Å². The maximum atomic E-state index is 13.5. The van der Waals surface area contributed by atoms with Crippen molar-refractivity contribution in [2.75, 3.05) is 0 Å². The van der Waals surface area contributed by atoms with Crippen molar-refractivity contribution in [2.24, 2.45) is 0 Å². The molecule has 122 valence electrons. The monoisotopic (exact) mass is 323 g/mol. The first-order chi connectivity index (χ1) is 11.6. The average molecular weight is 323 g/mol. The predicted molar refractivity (Wildman–Crippen MR) is 89.9 cm³/mol. The summed E-state index contributed by atoms with van der Waals surface area (Å²) in [5, 5.41) is 0. The van der Waals surface area contributed by atoms with Crippen molar-refractivity contribution in [1.29, 1.82) is 0 Å². The van der Waals surface area contributed by atoms with Gasteiger partial charge in [-0.2, -0.15) is 0 Å². The van der Waals surface area contributed by atoms with Crippen LogP contribution in [0.3, 0.4) is 0 Å². The van der Waals surface area contributed by atoms with Gasteiger partial charge in [0.15, 0.2) is 0 Å². The smallest absolute Gasteiger partial charge is 0.254 e. The summed E-state index contributed by atoms with van der Waals surface area (Å²) in [5.74, 6) is 0.845. The minimum absolute atomic E-state index is 0.229. The summed E-state index contributed by atoms with van der Waals surface area (Å²) in [6.45, 7) is 2.62. The van der Waals surface area contributed by atoms with E-state index in [1.54, 1.807) is 17.0 Å². The molecule has 0 N–H and O–H groups in total. The van der Waals surface area contributed by atoms with Crippen LogP contribution >= 0.6 is 0 Å². The molecule has 0 atom stereocenters. The molecule has 0 spiro atoms. The van der Waals surface area contributed by atoms with Crippen molar-refractivity contribution >= 4 is 5.91 Å². The highest BCUT2D eigenvalue weighted by Gasteiger charge is 2.18. The number of carbonyl (C=O) groups excluding carboxylic acids is 1. The van der Waals surface area contributed by atoms with Crippen LogP contribution in [0.25, 0.3) is 0 Å². The van der Waals surface area contributed by atoms with E-state index in [1.165, 1.54) is 12.1 Å². The summed E-state index contributed by atoms with van der Waals surface area (Å²) in [5.41, 5.74) is 1.33. The van der Waals surface area contributed by atoms with Crippen LogP contribution in [0.1, 0.15) is 27.4 Å². The van der Waals surface area contributed by atoms with Gasteiger partial charge in [-0.1, -0.05) is 36.4 Å². The Kier molecular flexibility index (Phi) is 4.75. The van der Waals surface area contributed by atoms with Crippen molar-refractivity contribution < 1.29 is 13.6 Å². The summed E-state index contributed by atoms with van der Waals surface area (Å²) >= 11 is 0. The maximum Gasteiger partial charge on any atom is 0.254 e. The maximum absolute atomic E-state index is 13.5. The van der Waals surface area contributed by atoms with Gasteiger partial charge in [0, 0.05) is 12.1 Å². The number of hydrogen-bond donors (Lipinski definition) is 0. The van der Waals surface area contributed by atoms with Gasteiger partial charge in [0.2, 0.25) is 0 Å². The molecule has 0 aliphatic carbocycles. The molecule has 1 aromatic heterocycles. The molecule has 0 aliphatic rings. The van der Waals surface area contributed by atoms with Crippen molar-refractivity contribution in [3.05, 3.63) is 95.2 Å². The van der Waals surface area contributed by atoms with E-state index in [4.69, 9.17) is 4.42 Å². The zero-order valence-electron chi connectivity index (χ0n) is 13.4. The summed E-state index contributed by atoms with van der Waals surface area (Å²) in [4.78, 5) is 14.5. The third-order valence-electron chi connectivity index (χ3n) is 3.72. The van der Waals surface area contributed by atoms with Gasteiger partial charge >= 0.3 is 0 Å². The van der Waals surface area contributed by atoms with Crippen molar-refractivity contribution in [3.63, 3.8) is 0 Å². The van der Waals surface area contributed by atoms with Gasteiger partial charge in [-0.3, -0.25) is 4.79 Å². The molecule has 0 aliphatic heterocycles. The number of halogens is 1. The van der Waals surface area contributed by atoms with Gasteiger partial charge in [-0.15, -0.1) is 0 Å². The van der Waals surface area contributed by atoms with E-state index in [1.807, 2.05) is 49.4 Å². The van der Waals surface area contributed by atoms with Crippen LogP contribution in [0.15, 0.2) is 71.1 Å². The topological polar surface area (TPSA) is 33.5 Å². The Morgan fingerprint density at radius 3 is 2.46 bits per heavy atom. The van der Waals surface area contributed by atoms with E-state index >= 15 is 0 Å². The van der Waals surface area contributed by atoms with Crippen LogP contribution in [-0.2, 0) is 13.1 Å². The molecule has 1 heterocycles. The fourth-order valence-corrected chi connectivity index (χ4v) is 2.57. The average Bonchev–Trinajstić information content (AvgIpc) is 2.99. The molecule has 0 radical (unpaired) electrons. The fraction of sp³-hybridized carbons (Fsp3) is 0.150. The molecule has 0 saturated heterocycles. The van der Waals surface area contributed by atoms with Crippen LogP contribution in [-0.4, -0.2) is 10.8 Å². The van der Waals surface area contributed by atoms with Crippen molar-refractivity contribution in [2.45, 2.75) is 20.0 Å². The molecule has 0 bridgehead atoms. The Bertz CT molecular complexity index is 826. The second kappa shape index (κ2) is 7.13. The highest BCUT2D eigenvalue weighted by molar-refractivity contribution is 5.94. The normalized spacial score (nSPS) is 10.6. The number of benzene rings is 2. The Hall–Kier alpha value is -2.88. The first-order valence-corrected chi connectivity index (χ1v) is 7.76. The quantitative estimate of drug-likeness (QED) is 0.689. The Labute approximate surface area is 140 Å². The number of furan rings is 1. The number of rotatable bonds is 5. The summed E-state index contributed by atoms with van der Waals surface area (Å²) in [6, 6.07) is 19.2. The Morgan fingerprint density at radius 2 is 1.79 bits per heavy atom. The highest BCUT2D eigenvalue weighted by atomic mass is 19.1. The molecule has 4 heteroatoms. The zero-order valence-corrected chi connectivity index (χ0v) is 13.4. The second-order valence-corrected chi connectivity index (χ2v) is 5.67. The first kappa shape index (κ1) is 16.0. The summed E-state index contributed by atoms with van der Waals surface area (Å²) < 4.78 is 19.1. The lowest BCUT2D eigenvalue weighted by Crippen LogP contribution is -2.30. The fourth-order valence-electron chi connectivity index (χ4n) is 2.57. The molecule has 24 heavy (non-hydrogen) atoms. The standard InChI is InChI=1S/C20H18FNO2/c1-15-10-11-19(24-15)14-22(13-16-6-3-2-4-7-16)20(23)17-8-5-9-18(21)12-17/h2-12H,13-14H2,1H3. The number of hydrogen-bond acceptors (Lipinski definition) is 2. The summed E-state index contributed by atoms with van der Waals surface area (Å²) in [7, 11) is 0. The second-order valence-electron chi connectivity index (χ2n) is 5.67. The third-order valence-corrected chi connectivity index (χ3v) is 3.72. The molecule has 3 aromatic rings. The molecule has 1 amide bonds. The minimum atomic E-state index is -0.422. The van der Waals surface area contributed by atoms with E-state index in [0.717, 1.165) is 11.3 Å². The van der Waals surface area contributed by atoms with Crippen LogP contribution < -0.4 is 0 Å². The van der Waals surface area contributed by atoms with E-state index in [2.05, 4.69) is 0 Å². The third kappa shape index (κ3) is 3.90. The van der Waals surface area contributed by atoms with Crippen LogP contribution in [0.5, 0.6) is 0 Å². The Morgan fingerprint density at radius 1 is 1.00 bits per heavy atom. The lowest BCUT2D eigenvalue weighted by molar-refractivity contribution is 0.0716. The number of carbonyl (C=O) groups is 1. The minimum Gasteiger partial charge on any atom is -0.464 e. The summed E-state index contributed by atoms with van der Waals surface area (Å²) in [6.07, 6.45) is 0. The van der Waals surface area contributed by atoms with E-state index in [9.17, 15) is 9.18 Å². The van der Waals surface area contributed by atoms with E-state index in [0.29, 0.717) is 24.4 Å². The van der Waals surface area contributed by atoms with Crippen LogP contribution in [0.2, 0.25) is 0 Å². The predicted octanol–water partition coefficient (Wildman–Crippen LogP) is 4.57. The molecular formula is C20H18FNO2. The van der Waals surface area contributed by atoms with Crippen molar-refractivity contribution in [3.8, 4) is 0 Å². The molecule has 2 aromatic carbocycles. The van der Waals surface area contributed by atoms with Gasteiger partial charge < -0.3 is 9.32 Å². The Balaban J connectivity index is 1.87. The highest BCUT2D eigenvalue weighted by Crippen LogP contribution is 2.16. The van der Waals surface area contributed by atoms with E-state index < -0.39 is 5.82 Å². The van der Waals surface area contributed by atoms with Crippen LogP contribution in [0, 0.1) is 12.7 Å². The van der Waals surface area contributed by atoms with Gasteiger partial charge in [0.05, 0.1) is 6.54 Å². The van der Waals surface area contributed by atoms with Crippen molar-refractivity contribution in [1.82, 2.24) is 4.90 Å². The molecule has 3 rings (SSSR count). The lowest BCUT2D eigenvalue weighted by Gasteiger charge is -2.22. The molecule has 0 unspecified atom stereocenters. The van der Waals surface area contributed by atoms with Gasteiger partial charge in [0.25, 0.3) is 5.91 Å². The molecular weight excluding hydrogens is 305 g/mol. The number of aryl methyl sites for hydroxylation is 1. The van der Waals surface area contributed by atoms with Gasteiger partial charge in [0.1, 0.15) is 17.3 Å². The van der Waals surface area contributed by atoms with E-state index in [-0.39, 0.29) is 5.91 Å². The first-order valence-electron chi connectivity index (χ1n) is 7.76.